The van der Waals surface area contributed by atoms with E-state index in [0.29, 0.717) is 17.8 Å². The summed E-state index contributed by atoms with van der Waals surface area (Å²) in [6, 6.07) is -1.93. The summed E-state index contributed by atoms with van der Waals surface area (Å²) in [5, 5.41) is 14.5. The van der Waals surface area contributed by atoms with E-state index in [4.69, 9.17) is 9.84 Å². The monoisotopic (exact) mass is 394 g/mol. The van der Waals surface area contributed by atoms with Gasteiger partial charge in [-0.15, -0.1) is 0 Å². The molecule has 2 atom stereocenters. The maximum Gasteiger partial charge on any atom is 0.325 e. The summed E-state index contributed by atoms with van der Waals surface area (Å²) in [7, 11) is 0. The molecule has 7 nitrogen and oxygen atoms in total. The number of ether oxygens (including phenoxy) is 1. The summed E-state index contributed by atoms with van der Waals surface area (Å²) in [6.07, 6.45) is 6.43. The Kier molecular flexibility index (Phi) is 5.76. The van der Waals surface area contributed by atoms with Crippen LogP contribution in [0.2, 0.25) is 0 Å². The second-order valence-corrected chi connectivity index (χ2v) is 10.2. The molecule has 3 N–H and O–H groups in total. The molecule has 7 heteroatoms. The maximum absolute atomic E-state index is 13.3. The highest BCUT2D eigenvalue weighted by atomic mass is 16.5. The van der Waals surface area contributed by atoms with E-state index >= 15 is 0 Å². The molecule has 0 spiro atoms. The fourth-order valence-electron chi connectivity index (χ4n) is 5.59. The zero-order valence-electron chi connectivity index (χ0n) is 17.4. The first-order valence-corrected chi connectivity index (χ1v) is 10.5. The Morgan fingerprint density at radius 2 is 1.54 bits per heavy atom. The van der Waals surface area contributed by atoms with Gasteiger partial charge < -0.3 is 20.5 Å². The Morgan fingerprint density at radius 3 is 1.96 bits per heavy atom. The fraction of sp³-hybridized carbons (Fsp3) is 0.857. The molecule has 4 rings (SSSR count). The molecule has 0 aromatic carbocycles. The summed E-state index contributed by atoms with van der Waals surface area (Å²) in [6.45, 7) is 7.05. The molecule has 0 unspecified atom stereocenters. The molecule has 0 aliphatic heterocycles. The molecule has 0 radical (unpaired) electrons. The minimum Gasteiger partial charge on any atom is -0.480 e. The molecule has 2 amide bonds. The molecule has 4 aliphatic rings. The van der Waals surface area contributed by atoms with Crippen molar-refractivity contribution in [3.05, 3.63) is 0 Å². The summed E-state index contributed by atoms with van der Waals surface area (Å²) in [5.41, 5.74) is -0.838. The topological polar surface area (TPSA) is 105 Å². The van der Waals surface area contributed by atoms with Crippen molar-refractivity contribution in [1.29, 1.82) is 0 Å². The first kappa shape index (κ1) is 21.1. The largest absolute Gasteiger partial charge is 0.480 e. The van der Waals surface area contributed by atoms with Crippen molar-refractivity contribution in [2.75, 3.05) is 6.61 Å². The van der Waals surface area contributed by atoms with Crippen LogP contribution in [0.4, 0.5) is 0 Å². The van der Waals surface area contributed by atoms with Crippen LogP contribution in [-0.4, -0.2) is 47.2 Å². The first-order valence-electron chi connectivity index (χ1n) is 10.5. The summed E-state index contributed by atoms with van der Waals surface area (Å²) < 4.78 is 5.75. The van der Waals surface area contributed by atoms with Gasteiger partial charge in [-0.2, -0.15) is 0 Å². The van der Waals surface area contributed by atoms with Crippen molar-refractivity contribution in [2.24, 2.45) is 23.2 Å². The molecular formula is C21H34N2O5. The highest BCUT2D eigenvalue weighted by Crippen LogP contribution is 2.60. The smallest absolute Gasteiger partial charge is 0.325 e. The molecule has 0 saturated heterocycles. The predicted octanol–water partition coefficient (Wildman–Crippen LogP) is 2.09. The van der Waals surface area contributed by atoms with Crippen molar-refractivity contribution >= 4 is 17.8 Å². The standard InChI is InChI=1S/C21H34N2O5/c1-12(18(25)26)22-17(24)16(11-28-20(2,3)4)23-19(27)21-8-13-5-14(9-21)7-15(6-13)10-21/h12-16H,5-11H2,1-4H3,(H,22,24)(H,23,27)(H,25,26)/t12-,13?,14?,15?,16+,21?/m0/s1. The zero-order valence-corrected chi connectivity index (χ0v) is 17.4. The molecule has 0 aromatic heterocycles. The Bertz CT molecular complexity index is 604. The van der Waals surface area contributed by atoms with Crippen molar-refractivity contribution in [3.8, 4) is 0 Å². The maximum atomic E-state index is 13.3. The molecule has 0 heterocycles. The molecule has 4 aliphatic carbocycles. The van der Waals surface area contributed by atoms with Crippen LogP contribution in [0.25, 0.3) is 0 Å². The van der Waals surface area contributed by atoms with E-state index in [9.17, 15) is 14.4 Å². The number of carbonyl (C=O) groups excluding carboxylic acids is 2. The van der Waals surface area contributed by atoms with Gasteiger partial charge in [0.15, 0.2) is 0 Å². The van der Waals surface area contributed by atoms with E-state index in [2.05, 4.69) is 10.6 Å². The number of carboxylic acid groups (broad SMARTS) is 1. The van der Waals surface area contributed by atoms with Crippen molar-refractivity contribution < 1.29 is 24.2 Å². The zero-order chi connectivity index (χ0) is 20.7. The number of rotatable bonds is 7. The van der Waals surface area contributed by atoms with Gasteiger partial charge in [0.25, 0.3) is 0 Å². The number of hydrogen-bond donors (Lipinski definition) is 3. The Balaban J connectivity index is 1.70. The van der Waals surface area contributed by atoms with E-state index < -0.39 is 29.6 Å². The molecule has 0 aromatic rings. The van der Waals surface area contributed by atoms with Crippen molar-refractivity contribution in [1.82, 2.24) is 10.6 Å². The molecule has 4 fully saturated rings. The Hall–Kier alpha value is -1.63. The highest BCUT2D eigenvalue weighted by molar-refractivity contribution is 5.92. The lowest BCUT2D eigenvalue weighted by atomic mass is 9.49. The number of aliphatic carboxylic acids is 1. The Morgan fingerprint density at radius 1 is 1.04 bits per heavy atom. The van der Waals surface area contributed by atoms with Crippen LogP contribution < -0.4 is 10.6 Å². The summed E-state index contributed by atoms with van der Waals surface area (Å²) in [5.74, 6) is 0.187. The van der Waals surface area contributed by atoms with Crippen LogP contribution >= 0.6 is 0 Å². The van der Waals surface area contributed by atoms with Crippen LogP contribution in [0.1, 0.15) is 66.2 Å². The average Bonchev–Trinajstić information content (AvgIpc) is 2.55. The van der Waals surface area contributed by atoms with Gasteiger partial charge in [0, 0.05) is 5.41 Å². The molecule has 158 valence electrons. The van der Waals surface area contributed by atoms with E-state index in [1.165, 1.54) is 26.2 Å². The number of amides is 2. The van der Waals surface area contributed by atoms with Gasteiger partial charge in [0.2, 0.25) is 11.8 Å². The molecule has 4 saturated carbocycles. The van der Waals surface area contributed by atoms with Gasteiger partial charge in [0.1, 0.15) is 12.1 Å². The lowest BCUT2D eigenvalue weighted by Crippen LogP contribution is -2.59. The average molecular weight is 395 g/mol. The van der Waals surface area contributed by atoms with Crippen LogP contribution in [0.15, 0.2) is 0 Å². The van der Waals surface area contributed by atoms with Crippen LogP contribution in [0, 0.1) is 23.2 Å². The minimum absolute atomic E-state index is 0.0137. The molecular weight excluding hydrogens is 360 g/mol. The van der Waals surface area contributed by atoms with Gasteiger partial charge in [-0.25, -0.2) is 0 Å². The van der Waals surface area contributed by atoms with Gasteiger partial charge >= 0.3 is 5.97 Å². The minimum atomic E-state index is -1.11. The van der Waals surface area contributed by atoms with Gasteiger partial charge in [-0.3, -0.25) is 14.4 Å². The summed E-state index contributed by atoms with van der Waals surface area (Å²) in [4.78, 5) is 37.1. The summed E-state index contributed by atoms with van der Waals surface area (Å²) >= 11 is 0. The van der Waals surface area contributed by atoms with Crippen LogP contribution in [0.3, 0.4) is 0 Å². The van der Waals surface area contributed by atoms with E-state index in [0.717, 1.165) is 19.3 Å². The molecule has 28 heavy (non-hydrogen) atoms. The van der Waals surface area contributed by atoms with Gasteiger partial charge in [-0.05, 0) is 84.0 Å². The Labute approximate surface area is 167 Å². The predicted molar refractivity (Wildman–Crippen MR) is 103 cm³/mol. The normalized spacial score (nSPS) is 33.2. The van der Waals surface area contributed by atoms with E-state index in [-0.39, 0.29) is 17.9 Å². The fourth-order valence-corrected chi connectivity index (χ4v) is 5.59. The SMILES string of the molecule is C[C@H](NC(=O)[C@@H](COC(C)(C)C)NC(=O)C12CC3CC(CC(C3)C1)C2)C(=O)O. The second kappa shape index (κ2) is 7.65. The van der Waals surface area contributed by atoms with E-state index in [1.807, 2.05) is 20.8 Å². The second-order valence-electron chi connectivity index (χ2n) is 10.2. The van der Waals surface area contributed by atoms with E-state index in [1.54, 1.807) is 0 Å². The number of carbonyl (C=O) groups is 3. The van der Waals surface area contributed by atoms with Crippen LogP contribution in [-0.2, 0) is 19.1 Å². The van der Waals surface area contributed by atoms with Gasteiger partial charge in [0.05, 0.1) is 12.2 Å². The highest BCUT2D eigenvalue weighted by Gasteiger charge is 2.55. The van der Waals surface area contributed by atoms with Gasteiger partial charge in [-0.1, -0.05) is 0 Å². The number of carboxylic acids is 1. The third kappa shape index (κ3) is 4.67. The lowest BCUT2D eigenvalue weighted by molar-refractivity contribution is -0.150. The van der Waals surface area contributed by atoms with Crippen LogP contribution in [0.5, 0.6) is 0 Å². The first-order chi connectivity index (χ1) is 13.0. The third-order valence-electron chi connectivity index (χ3n) is 6.55. The quantitative estimate of drug-likeness (QED) is 0.613. The molecule has 4 bridgehead atoms. The third-order valence-corrected chi connectivity index (χ3v) is 6.55. The number of hydrogen-bond acceptors (Lipinski definition) is 4. The number of nitrogens with one attached hydrogen (secondary N) is 2. The lowest BCUT2D eigenvalue weighted by Gasteiger charge is -2.55. The van der Waals surface area contributed by atoms with Crippen molar-refractivity contribution in [2.45, 2.75) is 83.9 Å². The van der Waals surface area contributed by atoms with Crippen molar-refractivity contribution in [3.63, 3.8) is 0 Å².